The SMILES string of the molecule is CCOc1cccc(CN2CCC(C(=O)O)(C3CCOCC3)C2)c1. The Morgan fingerprint density at radius 3 is 2.92 bits per heavy atom. The molecule has 2 aliphatic heterocycles. The van der Waals surface area contributed by atoms with E-state index in [0.717, 1.165) is 38.1 Å². The number of ether oxygens (including phenoxy) is 2. The molecule has 0 bridgehead atoms. The summed E-state index contributed by atoms with van der Waals surface area (Å²) in [6.07, 6.45) is 2.46. The number of rotatable bonds is 6. The lowest BCUT2D eigenvalue weighted by molar-refractivity contribution is -0.154. The molecular formula is C19H27NO4. The monoisotopic (exact) mass is 333 g/mol. The largest absolute Gasteiger partial charge is 0.494 e. The highest BCUT2D eigenvalue weighted by atomic mass is 16.5. The third-order valence-electron chi connectivity index (χ3n) is 5.42. The Bertz CT molecular complexity index is 570. The number of carbonyl (C=O) groups is 1. The first kappa shape index (κ1) is 17.2. The fourth-order valence-electron chi connectivity index (χ4n) is 4.14. The van der Waals surface area contributed by atoms with Crippen LogP contribution in [0.3, 0.4) is 0 Å². The minimum absolute atomic E-state index is 0.225. The van der Waals surface area contributed by atoms with Crippen LogP contribution < -0.4 is 4.74 Å². The summed E-state index contributed by atoms with van der Waals surface area (Å²) in [7, 11) is 0. The molecule has 5 nitrogen and oxygen atoms in total. The Labute approximate surface area is 143 Å². The first-order chi connectivity index (χ1) is 11.6. The highest BCUT2D eigenvalue weighted by Gasteiger charge is 2.50. The average Bonchev–Trinajstić information content (AvgIpc) is 3.02. The molecule has 2 heterocycles. The molecule has 0 saturated carbocycles. The number of carboxylic acid groups (broad SMARTS) is 1. The van der Waals surface area contributed by atoms with Gasteiger partial charge in [-0.1, -0.05) is 12.1 Å². The van der Waals surface area contributed by atoms with E-state index in [1.54, 1.807) is 0 Å². The van der Waals surface area contributed by atoms with Crippen LogP contribution >= 0.6 is 0 Å². The van der Waals surface area contributed by atoms with Crippen LogP contribution in [-0.4, -0.2) is 48.9 Å². The summed E-state index contributed by atoms with van der Waals surface area (Å²) in [5.41, 5.74) is 0.565. The van der Waals surface area contributed by atoms with Crippen molar-refractivity contribution in [2.75, 3.05) is 32.9 Å². The quantitative estimate of drug-likeness (QED) is 0.867. The van der Waals surface area contributed by atoms with Gasteiger partial charge in [-0.15, -0.1) is 0 Å². The molecule has 24 heavy (non-hydrogen) atoms. The van der Waals surface area contributed by atoms with Crippen LogP contribution in [0.4, 0.5) is 0 Å². The van der Waals surface area contributed by atoms with Gasteiger partial charge in [-0.3, -0.25) is 9.69 Å². The van der Waals surface area contributed by atoms with E-state index in [1.807, 2.05) is 19.1 Å². The van der Waals surface area contributed by atoms with Gasteiger partial charge in [0.15, 0.2) is 0 Å². The number of likely N-dealkylation sites (tertiary alicyclic amines) is 1. The van der Waals surface area contributed by atoms with Gasteiger partial charge in [0, 0.05) is 26.3 Å². The fraction of sp³-hybridized carbons (Fsp3) is 0.632. The summed E-state index contributed by atoms with van der Waals surface area (Å²) in [6.45, 7) is 6.25. The van der Waals surface area contributed by atoms with Crippen LogP contribution in [0.15, 0.2) is 24.3 Å². The smallest absolute Gasteiger partial charge is 0.311 e. The first-order valence-corrected chi connectivity index (χ1v) is 8.89. The molecule has 1 N–H and O–H groups in total. The van der Waals surface area contributed by atoms with E-state index in [1.165, 1.54) is 5.56 Å². The summed E-state index contributed by atoms with van der Waals surface area (Å²) in [6, 6.07) is 8.09. The Hall–Kier alpha value is -1.59. The van der Waals surface area contributed by atoms with E-state index < -0.39 is 11.4 Å². The van der Waals surface area contributed by atoms with Crippen LogP contribution in [0.2, 0.25) is 0 Å². The van der Waals surface area contributed by atoms with Gasteiger partial charge in [0.05, 0.1) is 12.0 Å². The summed E-state index contributed by atoms with van der Waals surface area (Å²) in [5.74, 6) is 0.464. The number of hydrogen-bond acceptors (Lipinski definition) is 4. The van der Waals surface area contributed by atoms with E-state index in [0.29, 0.717) is 26.4 Å². The van der Waals surface area contributed by atoms with Crippen molar-refractivity contribution in [3.05, 3.63) is 29.8 Å². The molecule has 0 aliphatic carbocycles. The third-order valence-corrected chi connectivity index (χ3v) is 5.42. The van der Waals surface area contributed by atoms with Gasteiger partial charge in [0.25, 0.3) is 0 Å². The molecule has 5 heteroatoms. The molecule has 1 unspecified atom stereocenters. The summed E-state index contributed by atoms with van der Waals surface area (Å²) < 4.78 is 11.0. The van der Waals surface area contributed by atoms with Crippen molar-refractivity contribution in [2.24, 2.45) is 11.3 Å². The maximum absolute atomic E-state index is 12.1. The van der Waals surface area contributed by atoms with E-state index in [4.69, 9.17) is 9.47 Å². The zero-order valence-electron chi connectivity index (χ0n) is 14.4. The molecule has 2 aliphatic rings. The van der Waals surface area contributed by atoms with E-state index >= 15 is 0 Å². The van der Waals surface area contributed by atoms with E-state index in [9.17, 15) is 9.90 Å². The molecule has 2 saturated heterocycles. The van der Waals surface area contributed by atoms with Crippen molar-refractivity contribution in [3.8, 4) is 5.75 Å². The molecule has 0 radical (unpaired) electrons. The van der Waals surface area contributed by atoms with Gasteiger partial charge < -0.3 is 14.6 Å². The van der Waals surface area contributed by atoms with Crippen molar-refractivity contribution in [2.45, 2.75) is 32.7 Å². The highest BCUT2D eigenvalue weighted by Crippen LogP contribution is 2.43. The Morgan fingerprint density at radius 1 is 1.42 bits per heavy atom. The standard InChI is InChI=1S/C19H27NO4/c1-2-24-17-5-3-4-15(12-17)13-20-9-8-19(14-20,18(21)22)16-6-10-23-11-7-16/h3-5,12,16H,2,6-11,13-14H2,1H3,(H,21,22). The molecule has 1 atom stereocenters. The lowest BCUT2D eigenvalue weighted by Gasteiger charge is -2.36. The summed E-state index contributed by atoms with van der Waals surface area (Å²) >= 11 is 0. The lowest BCUT2D eigenvalue weighted by Crippen LogP contribution is -2.43. The molecule has 3 rings (SSSR count). The van der Waals surface area contributed by atoms with Crippen molar-refractivity contribution in [3.63, 3.8) is 0 Å². The second-order valence-electron chi connectivity index (χ2n) is 6.89. The van der Waals surface area contributed by atoms with Gasteiger partial charge in [-0.25, -0.2) is 0 Å². The van der Waals surface area contributed by atoms with Crippen molar-refractivity contribution >= 4 is 5.97 Å². The maximum atomic E-state index is 12.1. The number of benzene rings is 1. The maximum Gasteiger partial charge on any atom is 0.311 e. The van der Waals surface area contributed by atoms with Crippen LogP contribution in [0.1, 0.15) is 31.7 Å². The zero-order chi connectivity index (χ0) is 17.0. The normalized spacial score (nSPS) is 25.7. The Balaban J connectivity index is 1.68. The van der Waals surface area contributed by atoms with Gasteiger partial charge in [0.2, 0.25) is 0 Å². The van der Waals surface area contributed by atoms with Crippen LogP contribution in [0.25, 0.3) is 0 Å². The van der Waals surface area contributed by atoms with Crippen molar-refractivity contribution in [1.29, 1.82) is 0 Å². The highest BCUT2D eigenvalue weighted by molar-refractivity contribution is 5.76. The summed E-state index contributed by atoms with van der Waals surface area (Å²) in [4.78, 5) is 14.3. The van der Waals surface area contributed by atoms with Crippen LogP contribution in [0, 0.1) is 11.3 Å². The van der Waals surface area contributed by atoms with Crippen molar-refractivity contribution in [1.82, 2.24) is 4.90 Å². The topological polar surface area (TPSA) is 59.0 Å². The number of nitrogens with zero attached hydrogens (tertiary/aromatic N) is 1. The summed E-state index contributed by atoms with van der Waals surface area (Å²) in [5, 5.41) is 9.93. The van der Waals surface area contributed by atoms with Crippen molar-refractivity contribution < 1.29 is 19.4 Å². The van der Waals surface area contributed by atoms with Gasteiger partial charge in [0.1, 0.15) is 5.75 Å². The molecular weight excluding hydrogens is 306 g/mol. The molecule has 0 amide bonds. The Morgan fingerprint density at radius 2 is 2.21 bits per heavy atom. The molecule has 1 aromatic carbocycles. The predicted molar refractivity (Wildman–Crippen MR) is 91.1 cm³/mol. The van der Waals surface area contributed by atoms with Gasteiger partial charge >= 0.3 is 5.97 Å². The first-order valence-electron chi connectivity index (χ1n) is 8.89. The molecule has 0 aromatic heterocycles. The Kier molecular flexibility index (Phi) is 5.41. The van der Waals surface area contributed by atoms with Crippen LogP contribution in [-0.2, 0) is 16.1 Å². The lowest BCUT2D eigenvalue weighted by atomic mass is 9.71. The molecule has 0 spiro atoms. The molecule has 2 fully saturated rings. The number of hydrogen-bond donors (Lipinski definition) is 1. The van der Waals surface area contributed by atoms with Gasteiger partial charge in [-0.05, 0) is 56.3 Å². The second-order valence-corrected chi connectivity index (χ2v) is 6.89. The number of carboxylic acids is 1. The zero-order valence-corrected chi connectivity index (χ0v) is 14.4. The van der Waals surface area contributed by atoms with Crippen LogP contribution in [0.5, 0.6) is 5.75 Å². The fourth-order valence-corrected chi connectivity index (χ4v) is 4.14. The van der Waals surface area contributed by atoms with E-state index in [-0.39, 0.29) is 5.92 Å². The molecule has 1 aromatic rings. The van der Waals surface area contributed by atoms with E-state index in [2.05, 4.69) is 17.0 Å². The average molecular weight is 333 g/mol. The third kappa shape index (κ3) is 3.57. The molecule has 132 valence electrons. The van der Waals surface area contributed by atoms with Gasteiger partial charge in [-0.2, -0.15) is 0 Å². The predicted octanol–water partition coefficient (Wildman–Crippen LogP) is 2.79. The number of aliphatic carboxylic acids is 1. The second kappa shape index (κ2) is 7.53. The minimum Gasteiger partial charge on any atom is -0.494 e. The minimum atomic E-state index is -0.639.